The van der Waals surface area contributed by atoms with Gasteiger partial charge in [0.1, 0.15) is 17.2 Å². The number of rotatable bonds is 7. The molecule has 0 saturated heterocycles. The molecule has 0 aliphatic carbocycles. The molecule has 0 spiro atoms. The molecule has 1 aromatic rings. The normalized spacial score (nSPS) is 11.4. The molecule has 5 nitrogen and oxygen atoms in total. The van der Waals surface area contributed by atoms with Crippen molar-refractivity contribution < 1.29 is 14.2 Å². The largest absolute Gasteiger partial charge is 0.496 e. The molecule has 1 rings (SSSR count). The highest BCUT2D eigenvalue weighted by Gasteiger charge is 2.06. The quantitative estimate of drug-likeness (QED) is 0.796. The summed E-state index contributed by atoms with van der Waals surface area (Å²) in [5, 5.41) is 11.7. The zero-order chi connectivity index (χ0) is 13.4. The molecule has 0 bridgehead atoms. The van der Waals surface area contributed by atoms with Crippen molar-refractivity contribution >= 4 is 0 Å². The van der Waals surface area contributed by atoms with Crippen LogP contribution in [0, 0.1) is 11.3 Å². The van der Waals surface area contributed by atoms with Crippen LogP contribution >= 0.6 is 0 Å². The summed E-state index contributed by atoms with van der Waals surface area (Å²) in [6, 6.07) is 7.28. The first-order valence-electron chi connectivity index (χ1n) is 5.66. The fourth-order valence-corrected chi connectivity index (χ4v) is 1.43. The second-order valence-electron chi connectivity index (χ2n) is 3.66. The first-order chi connectivity index (χ1) is 8.73. The van der Waals surface area contributed by atoms with E-state index >= 15 is 0 Å². The van der Waals surface area contributed by atoms with Gasteiger partial charge in [-0.3, -0.25) is 0 Å². The summed E-state index contributed by atoms with van der Waals surface area (Å²) in [4.78, 5) is 0. The zero-order valence-electron chi connectivity index (χ0n) is 10.9. The van der Waals surface area contributed by atoms with Gasteiger partial charge < -0.3 is 19.5 Å². The van der Waals surface area contributed by atoms with Gasteiger partial charge in [0, 0.05) is 24.6 Å². The Balaban J connectivity index is 2.59. The molecule has 0 amide bonds. The molecular weight excluding hydrogens is 232 g/mol. The minimum atomic E-state index is -0.197. The van der Waals surface area contributed by atoms with Crippen molar-refractivity contribution in [3.63, 3.8) is 0 Å². The van der Waals surface area contributed by atoms with Crippen LogP contribution in [-0.2, 0) is 0 Å². The van der Waals surface area contributed by atoms with Crippen molar-refractivity contribution in [3.8, 4) is 23.3 Å². The highest BCUT2D eigenvalue weighted by atomic mass is 16.5. The number of ether oxygens (including phenoxy) is 3. The van der Waals surface area contributed by atoms with Crippen LogP contribution in [0.5, 0.6) is 17.2 Å². The van der Waals surface area contributed by atoms with E-state index < -0.39 is 0 Å². The Morgan fingerprint density at radius 2 is 1.72 bits per heavy atom. The topological polar surface area (TPSA) is 63.5 Å². The Labute approximate surface area is 107 Å². The van der Waals surface area contributed by atoms with Crippen LogP contribution in [0.25, 0.3) is 0 Å². The van der Waals surface area contributed by atoms with Gasteiger partial charge in [0.2, 0.25) is 0 Å². The molecule has 0 fully saturated rings. The van der Waals surface area contributed by atoms with Crippen molar-refractivity contribution in [1.29, 1.82) is 5.26 Å². The third-order valence-electron chi connectivity index (χ3n) is 2.50. The smallest absolute Gasteiger partial charge is 0.126 e. The minimum Gasteiger partial charge on any atom is -0.496 e. The molecule has 5 heteroatoms. The molecule has 0 heterocycles. The van der Waals surface area contributed by atoms with Gasteiger partial charge in [0.05, 0.1) is 32.9 Å². The van der Waals surface area contributed by atoms with Crippen LogP contribution in [0.2, 0.25) is 0 Å². The summed E-state index contributed by atoms with van der Waals surface area (Å²) in [6.07, 6.45) is 0.618. The maximum atomic E-state index is 8.78. The SMILES string of the molecule is CNC(C#N)CCOc1cc(OC)cc(OC)c1. The third-order valence-corrected chi connectivity index (χ3v) is 2.50. The number of nitriles is 1. The van der Waals surface area contributed by atoms with E-state index in [1.807, 2.05) is 0 Å². The lowest BCUT2D eigenvalue weighted by molar-refractivity contribution is 0.295. The van der Waals surface area contributed by atoms with Crippen molar-refractivity contribution in [3.05, 3.63) is 18.2 Å². The number of nitrogens with one attached hydrogen (secondary N) is 1. The van der Waals surface area contributed by atoms with Gasteiger partial charge in [0.25, 0.3) is 0 Å². The van der Waals surface area contributed by atoms with E-state index in [9.17, 15) is 0 Å². The van der Waals surface area contributed by atoms with Crippen LogP contribution in [0.1, 0.15) is 6.42 Å². The van der Waals surface area contributed by atoms with Crippen molar-refractivity contribution in [1.82, 2.24) is 5.32 Å². The van der Waals surface area contributed by atoms with Gasteiger partial charge in [-0.25, -0.2) is 0 Å². The lowest BCUT2D eigenvalue weighted by atomic mass is 10.2. The van der Waals surface area contributed by atoms with Gasteiger partial charge in [-0.15, -0.1) is 0 Å². The number of benzene rings is 1. The summed E-state index contributed by atoms with van der Waals surface area (Å²) < 4.78 is 15.9. The molecule has 1 atom stereocenters. The van der Waals surface area contributed by atoms with Gasteiger partial charge in [-0.1, -0.05) is 0 Å². The molecule has 98 valence electrons. The maximum absolute atomic E-state index is 8.78. The van der Waals surface area contributed by atoms with Gasteiger partial charge >= 0.3 is 0 Å². The van der Waals surface area contributed by atoms with E-state index in [0.717, 1.165) is 0 Å². The molecule has 1 aromatic carbocycles. The number of methoxy groups -OCH3 is 2. The highest BCUT2D eigenvalue weighted by Crippen LogP contribution is 2.27. The molecule has 0 aliphatic rings. The highest BCUT2D eigenvalue weighted by molar-refractivity contribution is 5.41. The second-order valence-corrected chi connectivity index (χ2v) is 3.66. The Bertz CT molecular complexity index is 393. The first-order valence-corrected chi connectivity index (χ1v) is 5.66. The molecule has 0 aromatic heterocycles. The van der Waals surface area contributed by atoms with E-state index in [0.29, 0.717) is 30.3 Å². The van der Waals surface area contributed by atoms with E-state index in [2.05, 4.69) is 11.4 Å². The molecule has 1 unspecified atom stereocenters. The van der Waals surface area contributed by atoms with E-state index in [1.54, 1.807) is 39.5 Å². The Morgan fingerprint density at radius 1 is 1.17 bits per heavy atom. The van der Waals surface area contributed by atoms with Crippen molar-refractivity contribution in [2.75, 3.05) is 27.9 Å². The predicted molar refractivity (Wildman–Crippen MR) is 68.1 cm³/mol. The average molecular weight is 250 g/mol. The van der Waals surface area contributed by atoms with Crippen molar-refractivity contribution in [2.24, 2.45) is 0 Å². The summed E-state index contributed by atoms with van der Waals surface area (Å²) in [5.74, 6) is 2.02. The Morgan fingerprint density at radius 3 is 2.17 bits per heavy atom. The summed E-state index contributed by atoms with van der Waals surface area (Å²) >= 11 is 0. The lowest BCUT2D eigenvalue weighted by Gasteiger charge is -2.11. The average Bonchev–Trinajstić information content (AvgIpc) is 2.43. The Hall–Kier alpha value is -1.93. The minimum absolute atomic E-state index is 0.197. The maximum Gasteiger partial charge on any atom is 0.126 e. The van der Waals surface area contributed by atoms with E-state index in [-0.39, 0.29) is 6.04 Å². The van der Waals surface area contributed by atoms with Crippen LogP contribution < -0.4 is 19.5 Å². The number of hydrogen-bond donors (Lipinski definition) is 1. The first kappa shape index (κ1) is 14.1. The van der Waals surface area contributed by atoms with Crippen LogP contribution in [0.15, 0.2) is 18.2 Å². The van der Waals surface area contributed by atoms with Crippen molar-refractivity contribution in [2.45, 2.75) is 12.5 Å². The second kappa shape index (κ2) is 7.41. The van der Waals surface area contributed by atoms with Crippen LogP contribution in [0.4, 0.5) is 0 Å². The van der Waals surface area contributed by atoms with Gasteiger partial charge in [-0.2, -0.15) is 5.26 Å². The summed E-state index contributed by atoms with van der Waals surface area (Å²) in [6.45, 7) is 0.454. The number of hydrogen-bond acceptors (Lipinski definition) is 5. The predicted octanol–water partition coefficient (Wildman–Crippen LogP) is 1.58. The number of nitrogens with zero attached hydrogens (tertiary/aromatic N) is 1. The summed E-state index contributed by atoms with van der Waals surface area (Å²) in [5.41, 5.74) is 0. The van der Waals surface area contributed by atoms with Crippen LogP contribution in [-0.4, -0.2) is 33.9 Å². The van der Waals surface area contributed by atoms with Gasteiger partial charge in [0.15, 0.2) is 0 Å². The third kappa shape index (κ3) is 4.15. The molecule has 0 radical (unpaired) electrons. The molecular formula is C13H18N2O3. The Kier molecular flexibility index (Phi) is 5.81. The monoisotopic (exact) mass is 250 g/mol. The summed E-state index contributed by atoms with van der Waals surface area (Å²) in [7, 11) is 4.93. The van der Waals surface area contributed by atoms with Crippen LogP contribution in [0.3, 0.4) is 0 Å². The standard InChI is InChI=1S/C13H18N2O3/c1-15-10(9-14)4-5-18-13-7-11(16-2)6-12(8-13)17-3/h6-8,10,15H,4-5H2,1-3H3. The fourth-order valence-electron chi connectivity index (χ4n) is 1.43. The van der Waals surface area contributed by atoms with E-state index in [1.165, 1.54) is 0 Å². The molecule has 0 saturated carbocycles. The molecule has 18 heavy (non-hydrogen) atoms. The lowest BCUT2D eigenvalue weighted by Crippen LogP contribution is -2.25. The molecule has 0 aliphatic heterocycles. The zero-order valence-corrected chi connectivity index (χ0v) is 10.9. The fraction of sp³-hybridized carbons (Fsp3) is 0.462. The molecule has 1 N–H and O–H groups in total. The van der Waals surface area contributed by atoms with E-state index in [4.69, 9.17) is 19.5 Å². The van der Waals surface area contributed by atoms with Gasteiger partial charge in [-0.05, 0) is 7.05 Å².